The van der Waals surface area contributed by atoms with Gasteiger partial charge in [0.2, 0.25) is 0 Å². The van der Waals surface area contributed by atoms with E-state index >= 15 is 0 Å². The molecule has 1 aromatic carbocycles. The molecule has 3 rings (SSSR count). The maximum atomic E-state index is 12.7. The molecule has 2 N–H and O–H groups in total. The quantitative estimate of drug-likeness (QED) is 0.868. The lowest BCUT2D eigenvalue weighted by Gasteiger charge is -2.29. The van der Waals surface area contributed by atoms with E-state index in [0.717, 1.165) is 37.9 Å². The molecule has 1 amide bonds. The molecule has 0 bridgehead atoms. The van der Waals surface area contributed by atoms with Crippen LogP contribution in [0.2, 0.25) is 0 Å². The van der Waals surface area contributed by atoms with Crippen molar-refractivity contribution in [2.24, 2.45) is 0 Å². The minimum atomic E-state index is -0.0290. The van der Waals surface area contributed by atoms with Gasteiger partial charge in [-0.25, -0.2) is 0 Å². The molecule has 4 nitrogen and oxygen atoms in total. The molecule has 2 aliphatic heterocycles. The van der Waals surface area contributed by atoms with E-state index in [2.05, 4.69) is 5.32 Å². The zero-order valence-corrected chi connectivity index (χ0v) is 11.9. The lowest BCUT2D eigenvalue weighted by molar-refractivity contribution is 0.0708. The first kappa shape index (κ1) is 13.4. The van der Waals surface area contributed by atoms with Gasteiger partial charge in [0.15, 0.2) is 0 Å². The van der Waals surface area contributed by atoms with Crippen LogP contribution in [0.3, 0.4) is 0 Å². The zero-order chi connectivity index (χ0) is 14.1. The average molecular weight is 274 g/mol. The fourth-order valence-corrected chi connectivity index (χ4v) is 3.48. The average Bonchev–Trinajstić information content (AvgIpc) is 3.09. The van der Waals surface area contributed by atoms with Crippen LogP contribution in [0.5, 0.6) is 5.75 Å². The first-order valence-corrected chi connectivity index (χ1v) is 7.51. The Hall–Kier alpha value is -1.55. The summed E-state index contributed by atoms with van der Waals surface area (Å²) in [7, 11) is 0. The summed E-state index contributed by atoms with van der Waals surface area (Å²) < 4.78 is 0. The van der Waals surface area contributed by atoms with Crippen molar-refractivity contribution in [2.45, 2.75) is 44.7 Å². The van der Waals surface area contributed by atoms with Gasteiger partial charge in [0.05, 0.1) is 5.56 Å². The third-order valence-corrected chi connectivity index (χ3v) is 4.51. The molecular weight excluding hydrogens is 252 g/mol. The molecule has 4 heteroatoms. The van der Waals surface area contributed by atoms with Crippen LogP contribution in [0.4, 0.5) is 0 Å². The largest absolute Gasteiger partial charge is 0.507 e. The summed E-state index contributed by atoms with van der Waals surface area (Å²) in [6, 6.07) is 5.99. The van der Waals surface area contributed by atoms with Gasteiger partial charge in [-0.05, 0) is 56.8 Å². The van der Waals surface area contributed by atoms with E-state index in [-0.39, 0.29) is 17.7 Å². The minimum absolute atomic E-state index is 0.0290. The number of hydrogen-bond donors (Lipinski definition) is 2. The fraction of sp³-hybridized carbons (Fsp3) is 0.562. The highest BCUT2D eigenvalue weighted by Gasteiger charge is 2.36. The maximum absolute atomic E-state index is 12.7. The second-order valence-electron chi connectivity index (χ2n) is 5.93. The normalized spacial score (nSPS) is 26.1. The number of nitrogens with one attached hydrogen (secondary N) is 1. The number of benzene rings is 1. The van der Waals surface area contributed by atoms with Crippen molar-refractivity contribution in [1.82, 2.24) is 10.2 Å². The Morgan fingerprint density at radius 3 is 2.90 bits per heavy atom. The van der Waals surface area contributed by atoms with Crippen molar-refractivity contribution in [3.05, 3.63) is 29.3 Å². The molecule has 20 heavy (non-hydrogen) atoms. The predicted molar refractivity (Wildman–Crippen MR) is 77.9 cm³/mol. The van der Waals surface area contributed by atoms with Crippen molar-refractivity contribution < 1.29 is 9.90 Å². The van der Waals surface area contributed by atoms with Crippen LogP contribution in [0.1, 0.15) is 41.6 Å². The van der Waals surface area contributed by atoms with Gasteiger partial charge in [0.1, 0.15) is 5.75 Å². The second kappa shape index (κ2) is 5.44. The maximum Gasteiger partial charge on any atom is 0.257 e. The molecule has 2 atom stereocenters. The lowest BCUT2D eigenvalue weighted by Crippen LogP contribution is -2.46. The van der Waals surface area contributed by atoms with E-state index in [1.54, 1.807) is 12.1 Å². The molecule has 0 spiro atoms. The molecule has 2 fully saturated rings. The van der Waals surface area contributed by atoms with Gasteiger partial charge in [-0.3, -0.25) is 4.79 Å². The number of nitrogens with zero attached hydrogens (tertiary/aromatic N) is 1. The second-order valence-corrected chi connectivity index (χ2v) is 5.93. The highest BCUT2D eigenvalue weighted by molar-refractivity contribution is 5.97. The third-order valence-electron chi connectivity index (χ3n) is 4.51. The molecule has 0 aromatic heterocycles. The molecule has 2 aliphatic rings. The van der Waals surface area contributed by atoms with Gasteiger partial charge in [-0.1, -0.05) is 6.07 Å². The number of carbonyl (C=O) groups excluding carboxylic acids is 1. The molecule has 2 unspecified atom stereocenters. The van der Waals surface area contributed by atoms with Crippen LogP contribution in [-0.2, 0) is 0 Å². The molecular formula is C16H22N2O2. The summed E-state index contributed by atoms with van der Waals surface area (Å²) in [5.41, 5.74) is 1.40. The van der Waals surface area contributed by atoms with Gasteiger partial charge in [0.25, 0.3) is 5.91 Å². The highest BCUT2D eigenvalue weighted by atomic mass is 16.3. The van der Waals surface area contributed by atoms with Gasteiger partial charge in [-0.15, -0.1) is 0 Å². The number of amides is 1. The predicted octanol–water partition coefficient (Wildman–Crippen LogP) is 2.06. The Balaban J connectivity index is 1.81. The first-order chi connectivity index (χ1) is 9.66. The summed E-state index contributed by atoms with van der Waals surface area (Å²) in [6.45, 7) is 3.77. The van der Waals surface area contributed by atoms with Gasteiger partial charge >= 0.3 is 0 Å². The van der Waals surface area contributed by atoms with Gasteiger partial charge < -0.3 is 15.3 Å². The van der Waals surface area contributed by atoms with E-state index in [4.69, 9.17) is 0 Å². The van der Waals surface area contributed by atoms with Crippen LogP contribution < -0.4 is 5.32 Å². The monoisotopic (exact) mass is 274 g/mol. The number of likely N-dealkylation sites (tertiary alicyclic amines) is 1. The highest BCUT2D eigenvalue weighted by Crippen LogP contribution is 2.29. The molecule has 0 radical (unpaired) electrons. The topological polar surface area (TPSA) is 52.6 Å². The molecule has 2 heterocycles. The van der Waals surface area contributed by atoms with Gasteiger partial charge in [-0.2, -0.15) is 0 Å². The third kappa shape index (κ3) is 2.40. The Bertz CT molecular complexity index is 509. The van der Waals surface area contributed by atoms with E-state index in [1.165, 1.54) is 6.42 Å². The van der Waals surface area contributed by atoms with E-state index in [1.807, 2.05) is 17.9 Å². The standard InChI is InChI=1S/C16H22N2O2/c1-11-6-7-12(15(19)10-11)16(20)18-9-3-5-14(18)13-4-2-8-17-13/h6-7,10,13-14,17,19H,2-5,8-9H2,1H3. The number of aromatic hydroxyl groups is 1. The Morgan fingerprint density at radius 2 is 2.20 bits per heavy atom. The number of phenolic OH excluding ortho intramolecular Hbond substituents is 1. The summed E-state index contributed by atoms with van der Waals surface area (Å²) >= 11 is 0. The van der Waals surface area contributed by atoms with E-state index in [9.17, 15) is 9.90 Å². The van der Waals surface area contributed by atoms with E-state index in [0.29, 0.717) is 11.6 Å². The number of rotatable bonds is 2. The Kier molecular flexibility index (Phi) is 3.66. The molecule has 0 saturated carbocycles. The van der Waals surface area contributed by atoms with Crippen LogP contribution in [0.25, 0.3) is 0 Å². The number of phenols is 1. The summed E-state index contributed by atoms with van der Waals surface area (Å²) in [5, 5.41) is 13.5. The zero-order valence-electron chi connectivity index (χ0n) is 11.9. The summed E-state index contributed by atoms with van der Waals surface area (Å²) in [6.07, 6.45) is 4.46. The van der Waals surface area contributed by atoms with Crippen LogP contribution >= 0.6 is 0 Å². The van der Waals surface area contributed by atoms with Crippen molar-refractivity contribution in [1.29, 1.82) is 0 Å². The fourth-order valence-electron chi connectivity index (χ4n) is 3.48. The minimum Gasteiger partial charge on any atom is -0.507 e. The molecule has 2 saturated heterocycles. The van der Waals surface area contributed by atoms with Crippen LogP contribution in [0.15, 0.2) is 18.2 Å². The van der Waals surface area contributed by atoms with Crippen LogP contribution in [0, 0.1) is 6.92 Å². The first-order valence-electron chi connectivity index (χ1n) is 7.51. The number of aryl methyl sites for hydroxylation is 1. The van der Waals surface area contributed by atoms with Crippen molar-refractivity contribution in [2.75, 3.05) is 13.1 Å². The molecule has 108 valence electrons. The van der Waals surface area contributed by atoms with Gasteiger partial charge in [0, 0.05) is 18.6 Å². The Morgan fingerprint density at radius 1 is 1.35 bits per heavy atom. The summed E-state index contributed by atoms with van der Waals surface area (Å²) in [4.78, 5) is 14.6. The summed E-state index contributed by atoms with van der Waals surface area (Å²) in [5.74, 6) is 0.0683. The van der Waals surface area contributed by atoms with Crippen molar-refractivity contribution in [3.8, 4) is 5.75 Å². The van der Waals surface area contributed by atoms with Crippen LogP contribution in [-0.4, -0.2) is 41.1 Å². The molecule has 1 aromatic rings. The number of hydrogen-bond acceptors (Lipinski definition) is 3. The van der Waals surface area contributed by atoms with Crippen molar-refractivity contribution >= 4 is 5.91 Å². The van der Waals surface area contributed by atoms with E-state index < -0.39 is 0 Å². The molecule has 0 aliphatic carbocycles. The van der Waals surface area contributed by atoms with Crippen molar-refractivity contribution in [3.63, 3.8) is 0 Å². The SMILES string of the molecule is Cc1ccc(C(=O)N2CCCC2C2CCCN2)c(O)c1. The Labute approximate surface area is 119 Å². The number of carbonyl (C=O) groups is 1. The smallest absolute Gasteiger partial charge is 0.257 e. The lowest BCUT2D eigenvalue weighted by atomic mass is 10.0.